The molecule has 2 amide bonds. The number of benzene rings is 2. The fourth-order valence-electron chi connectivity index (χ4n) is 2.32. The molecule has 0 aromatic heterocycles. The maximum atomic E-state index is 12.2. The largest absolute Gasteiger partial charge is 0.383 e. The third-order valence-corrected chi connectivity index (χ3v) is 4.11. The number of halogens is 1. The molecule has 0 saturated carbocycles. The van der Waals surface area contributed by atoms with E-state index in [1.54, 1.807) is 24.3 Å². The normalized spacial score (nSPS) is 13.5. The first-order valence-electron chi connectivity index (χ1n) is 6.61. The second-order valence-electron chi connectivity index (χ2n) is 4.74. The molecule has 1 aliphatic rings. The van der Waals surface area contributed by atoms with E-state index in [2.05, 4.69) is 27.9 Å². The van der Waals surface area contributed by atoms with Gasteiger partial charge in [0, 0.05) is 22.3 Å². The third kappa shape index (κ3) is 2.78. The predicted molar refractivity (Wildman–Crippen MR) is 89.5 cm³/mol. The molecule has 0 unspecified atom stereocenters. The Hall–Kier alpha value is -1.89. The first-order valence-corrected chi connectivity index (χ1v) is 7.69. The highest BCUT2D eigenvalue weighted by molar-refractivity contribution is 14.1. The van der Waals surface area contributed by atoms with Gasteiger partial charge >= 0.3 is 0 Å². The summed E-state index contributed by atoms with van der Waals surface area (Å²) in [5, 5.41) is 3.22. The molecule has 4 nitrogen and oxygen atoms in total. The van der Waals surface area contributed by atoms with Crippen LogP contribution in [0.4, 0.5) is 5.69 Å². The summed E-state index contributed by atoms with van der Waals surface area (Å²) in [6.07, 6.45) is 0. The molecule has 0 aliphatic carbocycles. The molecule has 0 spiro atoms. The molecule has 106 valence electrons. The second kappa shape index (κ2) is 5.85. The molecule has 0 fully saturated rings. The summed E-state index contributed by atoms with van der Waals surface area (Å²) in [6.45, 7) is 0.893. The van der Waals surface area contributed by atoms with E-state index in [0.717, 1.165) is 5.69 Å². The van der Waals surface area contributed by atoms with E-state index in [1.807, 2.05) is 24.3 Å². The molecule has 0 bridgehead atoms. The number of hydrogen-bond donors (Lipinski definition) is 1. The van der Waals surface area contributed by atoms with Crippen molar-refractivity contribution in [3.63, 3.8) is 0 Å². The maximum absolute atomic E-state index is 12.2. The van der Waals surface area contributed by atoms with Gasteiger partial charge in [-0.25, -0.2) is 0 Å². The summed E-state index contributed by atoms with van der Waals surface area (Å²) in [4.78, 5) is 25.6. The zero-order valence-corrected chi connectivity index (χ0v) is 13.3. The second-order valence-corrected chi connectivity index (χ2v) is 5.99. The molecule has 21 heavy (non-hydrogen) atoms. The summed E-state index contributed by atoms with van der Waals surface area (Å²) >= 11 is 2.25. The number of imide groups is 1. The van der Waals surface area contributed by atoms with Crippen molar-refractivity contribution in [2.45, 2.75) is 0 Å². The van der Waals surface area contributed by atoms with Gasteiger partial charge in [0.1, 0.15) is 0 Å². The SMILES string of the molecule is O=C1c2ccccc2C(=O)N1CCNc1ccc(I)cc1. The Morgan fingerprint density at radius 3 is 2.05 bits per heavy atom. The van der Waals surface area contributed by atoms with E-state index in [0.29, 0.717) is 24.2 Å². The molecule has 3 rings (SSSR count). The van der Waals surface area contributed by atoms with Crippen LogP contribution in [-0.4, -0.2) is 29.8 Å². The molecule has 0 radical (unpaired) electrons. The Morgan fingerprint density at radius 1 is 0.905 bits per heavy atom. The lowest BCUT2D eigenvalue weighted by Gasteiger charge is -2.14. The van der Waals surface area contributed by atoms with Crippen LogP contribution in [0.5, 0.6) is 0 Å². The first-order chi connectivity index (χ1) is 10.2. The predicted octanol–water partition coefficient (Wildman–Crippen LogP) is 3.00. The number of rotatable bonds is 4. The van der Waals surface area contributed by atoms with E-state index in [4.69, 9.17) is 0 Å². The number of amides is 2. The van der Waals surface area contributed by atoms with E-state index < -0.39 is 0 Å². The molecular weight excluding hydrogens is 379 g/mol. The monoisotopic (exact) mass is 392 g/mol. The van der Waals surface area contributed by atoms with Gasteiger partial charge in [0.25, 0.3) is 11.8 Å². The average Bonchev–Trinajstić information content (AvgIpc) is 2.75. The van der Waals surface area contributed by atoms with Gasteiger partial charge in [-0.1, -0.05) is 12.1 Å². The van der Waals surface area contributed by atoms with Crippen molar-refractivity contribution < 1.29 is 9.59 Å². The summed E-state index contributed by atoms with van der Waals surface area (Å²) in [7, 11) is 0. The highest BCUT2D eigenvalue weighted by Crippen LogP contribution is 2.22. The maximum Gasteiger partial charge on any atom is 0.261 e. The minimum atomic E-state index is -0.208. The van der Waals surface area contributed by atoms with Gasteiger partial charge < -0.3 is 5.32 Å². The lowest BCUT2D eigenvalue weighted by Crippen LogP contribution is -2.34. The van der Waals surface area contributed by atoms with E-state index in [9.17, 15) is 9.59 Å². The summed E-state index contributed by atoms with van der Waals surface area (Å²) in [5.74, 6) is -0.417. The summed E-state index contributed by atoms with van der Waals surface area (Å²) in [6, 6.07) is 14.9. The molecule has 0 saturated heterocycles. The number of fused-ring (bicyclic) bond motifs is 1. The number of hydrogen-bond acceptors (Lipinski definition) is 3. The number of nitrogens with one attached hydrogen (secondary N) is 1. The van der Waals surface area contributed by atoms with E-state index in [1.165, 1.54) is 8.47 Å². The Morgan fingerprint density at radius 2 is 1.48 bits per heavy atom. The Kier molecular flexibility index (Phi) is 3.92. The van der Waals surface area contributed by atoms with Gasteiger partial charge in [0.2, 0.25) is 0 Å². The fraction of sp³-hybridized carbons (Fsp3) is 0.125. The van der Waals surface area contributed by atoms with Crippen molar-refractivity contribution in [1.82, 2.24) is 4.90 Å². The molecule has 2 aromatic carbocycles. The minimum absolute atomic E-state index is 0.208. The van der Waals surface area contributed by atoms with Gasteiger partial charge in [-0.3, -0.25) is 14.5 Å². The Labute approximate surface area is 136 Å². The van der Waals surface area contributed by atoms with Crippen molar-refractivity contribution in [3.05, 3.63) is 63.2 Å². The third-order valence-electron chi connectivity index (χ3n) is 3.39. The molecule has 1 N–H and O–H groups in total. The van der Waals surface area contributed by atoms with Crippen LogP contribution < -0.4 is 5.32 Å². The lowest BCUT2D eigenvalue weighted by atomic mass is 10.1. The van der Waals surface area contributed by atoms with Gasteiger partial charge in [0.15, 0.2) is 0 Å². The van der Waals surface area contributed by atoms with Gasteiger partial charge in [-0.15, -0.1) is 0 Å². The highest BCUT2D eigenvalue weighted by atomic mass is 127. The summed E-state index contributed by atoms with van der Waals surface area (Å²) < 4.78 is 1.17. The molecular formula is C16H13IN2O2. The van der Waals surface area contributed by atoms with Gasteiger partial charge in [0.05, 0.1) is 11.1 Å². The number of nitrogens with zero attached hydrogens (tertiary/aromatic N) is 1. The van der Waals surface area contributed by atoms with Crippen molar-refractivity contribution in [1.29, 1.82) is 0 Å². The number of carbonyl (C=O) groups is 2. The molecule has 1 heterocycles. The smallest absolute Gasteiger partial charge is 0.261 e. The number of carbonyl (C=O) groups excluding carboxylic acids is 2. The van der Waals surface area contributed by atoms with Crippen LogP contribution in [0.2, 0.25) is 0 Å². The Balaban J connectivity index is 1.63. The molecule has 1 aliphatic heterocycles. The zero-order valence-electron chi connectivity index (χ0n) is 11.2. The van der Waals surface area contributed by atoms with Crippen LogP contribution in [0.3, 0.4) is 0 Å². The van der Waals surface area contributed by atoms with Crippen LogP contribution in [-0.2, 0) is 0 Å². The average molecular weight is 392 g/mol. The fourth-order valence-corrected chi connectivity index (χ4v) is 2.68. The van der Waals surface area contributed by atoms with Crippen molar-refractivity contribution in [2.75, 3.05) is 18.4 Å². The van der Waals surface area contributed by atoms with Crippen LogP contribution in [0.15, 0.2) is 48.5 Å². The summed E-state index contributed by atoms with van der Waals surface area (Å²) in [5.41, 5.74) is 1.97. The van der Waals surface area contributed by atoms with E-state index >= 15 is 0 Å². The van der Waals surface area contributed by atoms with Crippen LogP contribution >= 0.6 is 22.6 Å². The topological polar surface area (TPSA) is 49.4 Å². The molecule has 2 aromatic rings. The zero-order chi connectivity index (χ0) is 14.8. The van der Waals surface area contributed by atoms with E-state index in [-0.39, 0.29) is 11.8 Å². The van der Waals surface area contributed by atoms with Crippen LogP contribution in [0.1, 0.15) is 20.7 Å². The standard InChI is InChI=1S/C16H13IN2O2/c17-11-5-7-12(8-6-11)18-9-10-19-15(20)13-3-1-2-4-14(13)16(19)21/h1-8,18H,9-10H2. The van der Waals surface area contributed by atoms with Crippen molar-refractivity contribution in [2.24, 2.45) is 0 Å². The minimum Gasteiger partial charge on any atom is -0.383 e. The van der Waals surface area contributed by atoms with Gasteiger partial charge in [-0.2, -0.15) is 0 Å². The van der Waals surface area contributed by atoms with Crippen molar-refractivity contribution >= 4 is 40.1 Å². The molecule has 0 atom stereocenters. The Bertz CT molecular complexity index is 663. The lowest BCUT2D eigenvalue weighted by molar-refractivity contribution is 0.0660. The van der Waals surface area contributed by atoms with Crippen LogP contribution in [0, 0.1) is 3.57 Å². The van der Waals surface area contributed by atoms with Crippen molar-refractivity contribution in [3.8, 4) is 0 Å². The quantitative estimate of drug-likeness (QED) is 0.643. The van der Waals surface area contributed by atoms with Gasteiger partial charge in [-0.05, 0) is 59.0 Å². The number of anilines is 1. The highest BCUT2D eigenvalue weighted by Gasteiger charge is 2.34. The molecule has 5 heteroatoms. The van der Waals surface area contributed by atoms with Crippen LogP contribution in [0.25, 0.3) is 0 Å². The first kappa shape index (κ1) is 14.1.